The standard InChI is InChI=1S/2C21H19N2O.C18H13N2O.3C13H12N.3Ir/c1-12(2)18-10-19(22-11-13(18)3)17-7-5-6-15-16-9-8-14(4)23-21(16)24-20(15)17;1-12(2)15-8-9-22-18(11-15)16-6-5-7-17-19-13(3)10-14(4)23-21(19)24-20(16)17;1-11-10-12(2)20-18-16(11)14-7-5-6-13(17(14)21-18)15-8-3-4-9-19-15;2*1-10-8-13(14-9-11(10)2)12-6-4-3-5-7-12;1-10-8-9-13(14-11(10)2)12-6-4-3-5-7-12;;;/h5-6,8-12H,1-4H3;5,7-12H,1-4H3;3-5,7-10H,1-2H3;3*3-6,8-9H,1-2H3;;;/q6*-1;;;/i1D3,2D3,3D3,12D;1D3,12D;;2*2D3;1D3,2D3;;;. The third-order valence-corrected chi connectivity index (χ3v) is 17.8. The predicted octanol–water partition coefficient (Wildman–Crippen LogP) is 25.1. The van der Waals surface area contributed by atoms with Gasteiger partial charge in [0.25, 0.3) is 0 Å². The molecule has 1 unspecified atom stereocenters. The maximum atomic E-state index is 8.57. The molecular weight excluding hydrogens is 1940 g/mol. The number of hydrogen-bond donors (Lipinski definition) is 0. The Morgan fingerprint density at radius 2 is 0.816 bits per heavy atom. The largest absolute Gasteiger partial charge is 0.486 e. The molecule has 0 amide bonds. The van der Waals surface area contributed by atoms with Crippen molar-refractivity contribution in [2.45, 2.75) is 122 Å². The van der Waals surface area contributed by atoms with Crippen LogP contribution in [0.4, 0.5) is 0 Å². The van der Waals surface area contributed by atoms with Crippen molar-refractivity contribution in [2.24, 2.45) is 0 Å². The molecule has 12 aromatic heterocycles. The first-order chi connectivity index (χ1) is 64.0. The summed E-state index contributed by atoms with van der Waals surface area (Å²) >= 11 is 0. The summed E-state index contributed by atoms with van der Waals surface area (Å²) in [6, 6.07) is 75.6. The third kappa shape index (κ3) is 19.8. The summed E-state index contributed by atoms with van der Waals surface area (Å²) < 4.78 is 217. The summed E-state index contributed by atoms with van der Waals surface area (Å²) in [5.41, 5.74) is 16.0. The van der Waals surface area contributed by atoms with E-state index in [0.29, 0.717) is 72.9 Å². The van der Waals surface area contributed by atoms with E-state index in [2.05, 4.69) is 94.2 Å². The van der Waals surface area contributed by atoms with Crippen molar-refractivity contribution in [1.82, 2.24) is 44.9 Å². The number of benzene rings is 6. The summed E-state index contributed by atoms with van der Waals surface area (Å²) in [5, 5.41) is 5.37. The number of rotatable bonds is 8. The van der Waals surface area contributed by atoms with Gasteiger partial charge < -0.3 is 43.2 Å². The van der Waals surface area contributed by atoms with Crippen molar-refractivity contribution in [3.63, 3.8) is 0 Å². The number of pyridine rings is 9. The van der Waals surface area contributed by atoms with Crippen LogP contribution in [0.2, 0.25) is 0 Å². The van der Waals surface area contributed by atoms with Gasteiger partial charge in [0.1, 0.15) is 0 Å². The van der Waals surface area contributed by atoms with Crippen LogP contribution in [-0.4, -0.2) is 44.9 Å². The molecule has 1 atom stereocenters. The van der Waals surface area contributed by atoms with Crippen LogP contribution in [0, 0.1) is 119 Å². The number of furan rings is 3. The van der Waals surface area contributed by atoms with Crippen molar-refractivity contribution in [3.8, 4) is 67.5 Å². The van der Waals surface area contributed by atoms with Gasteiger partial charge in [0, 0.05) is 166 Å². The van der Waals surface area contributed by atoms with E-state index in [0.717, 1.165) is 112 Å². The Kier molecular flexibility index (Phi) is 19.1. The summed E-state index contributed by atoms with van der Waals surface area (Å²) in [6.07, 6.45) is 7.05. The number of aromatic nitrogens is 9. The molecule has 0 aliphatic carbocycles. The number of hydrogen-bond acceptors (Lipinski definition) is 12. The zero-order chi connectivity index (χ0) is 99.8. The minimum Gasteiger partial charge on any atom is -0.486 e. The Hall–Kier alpha value is -11.0. The molecule has 0 saturated carbocycles. The van der Waals surface area contributed by atoms with Crippen molar-refractivity contribution in [3.05, 3.63) is 340 Å². The molecule has 18 rings (SSSR count). The van der Waals surface area contributed by atoms with E-state index in [9.17, 15) is 0 Å². The predicted molar refractivity (Wildman–Crippen MR) is 451 cm³/mol. The van der Waals surface area contributed by atoms with Gasteiger partial charge in [0.2, 0.25) is 17.1 Å². The molecule has 0 saturated heterocycles. The Morgan fingerprint density at radius 3 is 1.32 bits per heavy atom. The fraction of sp³-hybridized carbons (Fsp3) is 0.182. The maximum absolute atomic E-state index is 8.57. The molecule has 114 heavy (non-hydrogen) atoms. The van der Waals surface area contributed by atoms with Crippen LogP contribution in [0.5, 0.6) is 0 Å². The number of fused-ring (bicyclic) bond motifs is 9. The minimum absolute atomic E-state index is 0. The Bertz CT molecular complexity index is 7320. The van der Waals surface area contributed by atoms with Crippen LogP contribution in [0.15, 0.2) is 238 Å². The first kappa shape index (κ1) is 56.3. The zero-order valence-electron chi connectivity index (χ0n) is 88.6. The van der Waals surface area contributed by atoms with E-state index in [1.54, 1.807) is 93.7 Å². The monoisotopic (exact) mass is 2050 g/mol. The first-order valence-electron chi connectivity index (χ1n) is 47.9. The van der Waals surface area contributed by atoms with Gasteiger partial charge >= 0.3 is 0 Å². The third-order valence-electron chi connectivity index (χ3n) is 17.8. The van der Waals surface area contributed by atoms with Crippen LogP contribution in [0.25, 0.3) is 134 Å². The quantitative estimate of drug-likeness (QED) is 0.133. The van der Waals surface area contributed by atoms with Crippen molar-refractivity contribution >= 4 is 66.2 Å². The molecule has 15 heteroatoms. The minimum atomic E-state index is -3.37. The summed E-state index contributed by atoms with van der Waals surface area (Å²) in [7, 11) is 0. The maximum Gasteiger partial charge on any atom is 0.216 e. The molecule has 0 aliphatic rings. The van der Waals surface area contributed by atoms with Crippen LogP contribution >= 0.6 is 0 Å². The zero-order valence-corrected chi connectivity index (χ0v) is 69.8. The van der Waals surface area contributed by atoms with Crippen LogP contribution < -0.4 is 0 Å². The van der Waals surface area contributed by atoms with Gasteiger partial charge in [-0.15, -0.1) is 162 Å². The Morgan fingerprint density at radius 1 is 0.333 bits per heavy atom. The van der Waals surface area contributed by atoms with Crippen molar-refractivity contribution in [2.75, 3.05) is 0 Å². The topological polar surface area (TPSA) is 155 Å². The van der Waals surface area contributed by atoms with E-state index >= 15 is 0 Å². The normalized spacial score (nSPS) is 15.6. The van der Waals surface area contributed by atoms with Crippen LogP contribution in [0.3, 0.4) is 0 Å². The van der Waals surface area contributed by atoms with Gasteiger partial charge in [-0.1, -0.05) is 126 Å². The molecule has 3 radical (unpaired) electrons. The van der Waals surface area contributed by atoms with Gasteiger partial charge in [-0.2, -0.15) is 0 Å². The molecule has 18 aromatic rings. The molecule has 0 fully saturated rings. The summed E-state index contributed by atoms with van der Waals surface area (Å²) in [5.74, 6) is -4.97. The second-order valence-corrected chi connectivity index (χ2v) is 25.9. The fourth-order valence-corrected chi connectivity index (χ4v) is 12.2. The van der Waals surface area contributed by atoms with E-state index in [1.165, 1.54) is 43.2 Å². The number of aryl methyl sites for hydroxylation is 12. The smallest absolute Gasteiger partial charge is 0.216 e. The molecular formula is C99H87Ir3N9O3-6. The second-order valence-electron chi connectivity index (χ2n) is 25.9. The molecule has 579 valence electrons. The average molecular weight is 2050 g/mol. The van der Waals surface area contributed by atoms with E-state index < -0.39 is 77.7 Å². The van der Waals surface area contributed by atoms with Gasteiger partial charge in [0.15, 0.2) is 0 Å². The first-order valence-corrected chi connectivity index (χ1v) is 34.9. The fourth-order valence-electron chi connectivity index (χ4n) is 12.2. The van der Waals surface area contributed by atoms with E-state index in [4.69, 9.17) is 48.9 Å². The van der Waals surface area contributed by atoms with Crippen LogP contribution in [-0.2, 0) is 60.3 Å². The Labute approximate surface area is 745 Å². The van der Waals surface area contributed by atoms with E-state index in [-0.39, 0.29) is 82.8 Å². The van der Waals surface area contributed by atoms with Gasteiger partial charge in [-0.25, -0.2) is 15.0 Å². The van der Waals surface area contributed by atoms with E-state index in [1.807, 2.05) is 124 Å². The average Bonchev–Trinajstić information content (AvgIpc) is 0.912. The van der Waals surface area contributed by atoms with Gasteiger partial charge in [-0.05, 0) is 204 Å². The van der Waals surface area contributed by atoms with Crippen molar-refractivity contribution < 1.29 is 109 Å². The van der Waals surface area contributed by atoms with Gasteiger partial charge in [-0.3, -0.25) is 0 Å². The van der Waals surface area contributed by atoms with Gasteiger partial charge in [0.05, 0.1) is 16.7 Å². The molecule has 12 heterocycles. The second kappa shape index (κ2) is 38.7. The SMILES string of the molecule is Cc1cc(C)c2c(n1)oc1c(-c3ccccn3)[c-]ccc12.[2H]C([2H])([2H])C([2H])(C)c1ccnc(-c2[c-]ccc3c2oc2nc(C)cc(C)c23)c1.[2H]C([2H])([2H])c1ccc(-c2[c-]cccc2)nc1C([2H])([2H])[2H].[2H]C([2H])([2H])c1cnc(-c2[c-]ccc3c2oc2nc(C)ccc23)cc1C([2H])(C([2H])([2H])[2H])C([2H])([2H])[2H].[2H]C([2H])([2H])c1cnc(-c2[c-]cccc2)cc1C.[2H]C([2H])([2H])c1cnc(-c2[c-]cccc2)cc1C.[Ir].[Ir].[Ir]. The molecule has 6 aromatic carbocycles. The molecule has 12 nitrogen and oxygen atoms in total. The molecule has 0 spiro atoms. The molecule has 0 N–H and O–H groups in total. The molecule has 0 aliphatic heterocycles. The van der Waals surface area contributed by atoms with Crippen molar-refractivity contribution in [1.29, 1.82) is 0 Å². The molecule has 0 bridgehead atoms. The number of nitrogens with zero attached hydrogens (tertiary/aromatic N) is 9. The summed E-state index contributed by atoms with van der Waals surface area (Å²) in [6.45, 7) is -6.61. The van der Waals surface area contributed by atoms with Crippen LogP contribution in [0.1, 0.15) is 153 Å². The Balaban J connectivity index is 0.000000175. The summed E-state index contributed by atoms with van der Waals surface area (Å²) in [4.78, 5) is 38.7.